The zero-order chi connectivity index (χ0) is 22.4. The van der Waals surface area contributed by atoms with Gasteiger partial charge in [0.05, 0.1) is 7.05 Å². The number of anilines is 1. The van der Waals surface area contributed by atoms with Gasteiger partial charge in [-0.25, -0.2) is 14.0 Å². The highest BCUT2D eigenvalue weighted by Crippen LogP contribution is 2.57. The highest BCUT2D eigenvalue weighted by molar-refractivity contribution is 7.64. The molecule has 30 heavy (non-hydrogen) atoms. The first-order valence-corrected chi connectivity index (χ1v) is 11.1. The third-order valence-corrected chi connectivity index (χ3v) is 6.34. The Morgan fingerprint density at radius 2 is 2.10 bits per heavy atom. The summed E-state index contributed by atoms with van der Waals surface area (Å²) in [5.41, 5.74) is 5.31. The van der Waals surface area contributed by atoms with Gasteiger partial charge in [0.1, 0.15) is 24.9 Å². The van der Waals surface area contributed by atoms with E-state index in [9.17, 15) is 29.5 Å². The van der Waals surface area contributed by atoms with Crippen LogP contribution in [0, 0.1) is 0 Å². The lowest BCUT2D eigenvalue weighted by molar-refractivity contribution is -0.746. The summed E-state index contributed by atoms with van der Waals surface area (Å²) in [6.45, 7) is -0.861. The summed E-state index contributed by atoms with van der Waals surface area (Å²) < 4.78 is 21.5. The molecule has 5 N–H and O–H groups in total. The predicted octanol–water partition coefficient (Wildman–Crippen LogP) is -5.77. The highest BCUT2D eigenvalue weighted by Gasteiger charge is 2.49. The molecule has 0 bridgehead atoms. The van der Waals surface area contributed by atoms with Gasteiger partial charge in [0.15, 0.2) is 6.33 Å². The second kappa shape index (κ2) is 8.27. The SMILES string of the molecule is CO[C@@H]1[C@H](O)[C@@H](CO[P+]([O-])([O-])O[P+]([O-])([O-])O)O[C@H]1[n+]1cn(C)c2c(=O)[nH]c(N)nc21. The summed E-state index contributed by atoms with van der Waals surface area (Å²) in [6, 6.07) is 0. The van der Waals surface area contributed by atoms with E-state index in [2.05, 4.69) is 18.8 Å². The van der Waals surface area contributed by atoms with E-state index >= 15 is 0 Å². The maximum atomic E-state index is 12.2. The normalized spacial score (nSPS) is 25.3. The summed E-state index contributed by atoms with van der Waals surface area (Å²) >= 11 is 0. The van der Waals surface area contributed by atoms with Crippen molar-refractivity contribution >= 4 is 33.5 Å². The number of fused-ring (bicyclic) bond motifs is 1. The van der Waals surface area contributed by atoms with Crippen LogP contribution in [0.5, 0.6) is 0 Å². The Morgan fingerprint density at radius 3 is 2.70 bits per heavy atom. The lowest BCUT2D eigenvalue weighted by Crippen LogP contribution is -2.47. The van der Waals surface area contributed by atoms with Crippen molar-refractivity contribution in [2.24, 2.45) is 7.05 Å². The third kappa shape index (κ3) is 4.75. The van der Waals surface area contributed by atoms with E-state index in [0.717, 1.165) is 0 Å². The van der Waals surface area contributed by atoms with Gasteiger partial charge < -0.3 is 39.9 Å². The first-order valence-electron chi connectivity index (χ1n) is 8.16. The zero-order valence-electron chi connectivity index (χ0n) is 15.5. The maximum Gasteiger partial charge on any atom is 0.313 e. The molecule has 0 spiro atoms. The molecule has 16 nitrogen and oxygen atoms in total. The number of H-pyrrole nitrogens is 1. The maximum absolute atomic E-state index is 12.2. The standard InChI is InChI=1S/C12H19N5O11P2/c1-16-4-17(9-6(16)10(19)15-12(13)14-9)11-8(25-2)7(18)5(27-11)3-26-30(23,24)28-29(20,21)22/h4-5,7-8,11,18H,3H2,1-2H3,(H5-,13,14,15,19,20,21,22,23,24)/p-1/t5-,7-,8-,11-/m1/s1. The predicted molar refractivity (Wildman–Crippen MR) is 89.8 cm³/mol. The highest BCUT2D eigenvalue weighted by atomic mass is 31.3. The number of aromatic amines is 1. The molecule has 0 radical (unpaired) electrons. The second-order valence-electron chi connectivity index (χ2n) is 6.31. The molecular weight excluding hydrogens is 452 g/mol. The molecule has 3 heterocycles. The number of aromatic nitrogens is 4. The van der Waals surface area contributed by atoms with Gasteiger partial charge in [0, 0.05) is 7.11 Å². The summed E-state index contributed by atoms with van der Waals surface area (Å²) in [5, 5.41) is 10.4. The number of aliphatic hydroxyl groups excluding tert-OH is 1. The second-order valence-corrected chi connectivity index (χ2v) is 9.05. The van der Waals surface area contributed by atoms with Crippen LogP contribution in [0.25, 0.3) is 11.2 Å². The number of nitrogen functional groups attached to an aromatic ring is 1. The number of methoxy groups -OCH3 is 1. The molecule has 0 unspecified atom stereocenters. The average Bonchev–Trinajstić information content (AvgIpc) is 3.07. The Balaban J connectivity index is 1.86. The van der Waals surface area contributed by atoms with E-state index < -0.39 is 53.0 Å². The fourth-order valence-corrected chi connectivity index (χ4v) is 4.63. The Morgan fingerprint density at radius 1 is 1.43 bits per heavy atom. The van der Waals surface area contributed by atoms with Crippen molar-refractivity contribution in [1.29, 1.82) is 0 Å². The largest absolute Gasteiger partial charge is 0.631 e. The Hall–Kier alpha value is -1.39. The van der Waals surface area contributed by atoms with Crippen molar-refractivity contribution in [2.45, 2.75) is 24.5 Å². The number of rotatable bonds is 7. The fraction of sp³-hybridized carbons (Fsp3) is 0.583. The number of nitrogens with two attached hydrogens (primary N) is 1. The van der Waals surface area contributed by atoms with Crippen molar-refractivity contribution in [3.63, 3.8) is 0 Å². The van der Waals surface area contributed by atoms with E-state index in [1.165, 1.54) is 22.6 Å². The number of phosphoric acid groups is 2. The van der Waals surface area contributed by atoms with Crippen LogP contribution in [0.15, 0.2) is 11.1 Å². The molecule has 1 aliphatic heterocycles. The molecule has 2 aromatic rings. The summed E-state index contributed by atoms with van der Waals surface area (Å²) in [6.07, 6.45) is -3.48. The van der Waals surface area contributed by atoms with Crippen LogP contribution >= 0.6 is 16.3 Å². The molecule has 0 aliphatic carbocycles. The van der Waals surface area contributed by atoms with Crippen LogP contribution in [0.2, 0.25) is 0 Å². The van der Waals surface area contributed by atoms with Gasteiger partial charge in [-0.1, -0.05) is 9.29 Å². The smallest absolute Gasteiger partial charge is 0.313 e. The van der Waals surface area contributed by atoms with E-state index in [1.807, 2.05) is 0 Å². The molecule has 1 fully saturated rings. The summed E-state index contributed by atoms with van der Waals surface area (Å²) in [5.74, 6) is -0.171. The fourth-order valence-electron chi connectivity index (χ4n) is 3.10. The topological polar surface area (TPSA) is 250 Å². The van der Waals surface area contributed by atoms with Gasteiger partial charge in [0.25, 0.3) is 19.7 Å². The molecule has 0 aromatic carbocycles. The number of nitrogens with zero attached hydrogens (tertiary/aromatic N) is 3. The van der Waals surface area contributed by atoms with E-state index in [1.54, 1.807) is 7.05 Å². The minimum atomic E-state index is -5.61. The summed E-state index contributed by atoms with van der Waals surface area (Å²) in [7, 11) is -8.25. The van der Waals surface area contributed by atoms with Gasteiger partial charge in [-0.15, -0.1) is 0 Å². The number of aliphatic hydroxyl groups is 1. The Bertz CT molecular complexity index is 976. The van der Waals surface area contributed by atoms with E-state index in [0.29, 0.717) is 0 Å². The van der Waals surface area contributed by atoms with Crippen molar-refractivity contribution < 1.29 is 52.4 Å². The van der Waals surface area contributed by atoms with Crippen LogP contribution in [0.3, 0.4) is 0 Å². The molecule has 4 atom stereocenters. The van der Waals surface area contributed by atoms with Crippen LogP contribution < -0.4 is 35.4 Å². The molecular formula is C12H18N5O11P2-. The van der Waals surface area contributed by atoms with Crippen molar-refractivity contribution in [3.05, 3.63) is 16.7 Å². The van der Waals surface area contributed by atoms with Gasteiger partial charge in [-0.3, -0.25) is 14.3 Å². The van der Waals surface area contributed by atoms with Crippen molar-refractivity contribution in [3.8, 4) is 0 Å². The average molecular weight is 470 g/mol. The zero-order valence-corrected chi connectivity index (χ0v) is 17.3. The summed E-state index contributed by atoms with van der Waals surface area (Å²) in [4.78, 5) is 71.2. The number of hydrogen-bond acceptors (Lipinski definition) is 13. The monoisotopic (exact) mass is 470 g/mol. The lowest BCUT2D eigenvalue weighted by atomic mass is 10.1. The molecule has 1 aliphatic rings. The molecule has 1 saturated heterocycles. The molecule has 18 heteroatoms. The van der Waals surface area contributed by atoms with Crippen LogP contribution in [0.1, 0.15) is 6.23 Å². The van der Waals surface area contributed by atoms with Gasteiger partial charge in [-0.05, 0) is 0 Å². The number of imidazole rings is 1. The first kappa shape index (κ1) is 23.3. The number of hydrogen-bond donors (Lipinski definition) is 4. The quantitative estimate of drug-likeness (QED) is 0.218. The molecule has 168 valence electrons. The molecule has 0 saturated carbocycles. The van der Waals surface area contributed by atoms with Gasteiger partial charge in [0.2, 0.25) is 19.9 Å². The molecule has 0 amide bonds. The van der Waals surface area contributed by atoms with Crippen LogP contribution in [0.4, 0.5) is 5.95 Å². The minimum absolute atomic E-state index is 0.102. The van der Waals surface area contributed by atoms with Crippen molar-refractivity contribution in [1.82, 2.24) is 14.5 Å². The number of nitrogens with one attached hydrogen (secondary N) is 1. The molecule has 2 aromatic heterocycles. The van der Waals surface area contributed by atoms with E-state index in [-0.39, 0.29) is 17.1 Å². The first-order chi connectivity index (χ1) is 13.8. The van der Waals surface area contributed by atoms with Crippen LogP contribution in [-0.4, -0.2) is 56.6 Å². The molecule has 3 rings (SSSR count). The van der Waals surface area contributed by atoms with Crippen LogP contribution in [-0.2, 0) is 25.4 Å². The Kier molecular flexibility index (Phi) is 6.42. The lowest BCUT2D eigenvalue weighted by Gasteiger charge is -2.35. The number of phosphoric ester groups is 1. The number of ether oxygens (including phenoxy) is 2. The number of aryl methyl sites for hydroxylation is 1. The van der Waals surface area contributed by atoms with Gasteiger partial charge >= 0.3 is 5.65 Å². The third-order valence-electron chi connectivity index (χ3n) is 4.25. The van der Waals surface area contributed by atoms with Crippen molar-refractivity contribution in [2.75, 3.05) is 19.5 Å². The minimum Gasteiger partial charge on any atom is -0.631 e. The van der Waals surface area contributed by atoms with E-state index in [4.69, 9.17) is 20.1 Å². The Labute approximate surface area is 169 Å². The van der Waals surface area contributed by atoms with Gasteiger partial charge in [-0.2, -0.15) is 0 Å².